The number of rotatable bonds is 5. The molecule has 0 spiro atoms. The number of nitrogens with two attached hydrogens (primary N) is 1. The highest BCUT2D eigenvalue weighted by Gasteiger charge is 2.12. The zero-order valence-corrected chi connectivity index (χ0v) is 22.0. The zero-order chi connectivity index (χ0) is 27.9. The molecule has 3 heterocycles. The maximum absolute atomic E-state index is 12.4. The Morgan fingerprint density at radius 3 is 2.15 bits per heavy atom. The summed E-state index contributed by atoms with van der Waals surface area (Å²) in [6.45, 7) is 9.32. The largest absolute Gasteiger partial charge is 0.461 e. The lowest BCUT2D eigenvalue weighted by molar-refractivity contribution is -0.114. The number of amides is 3. The molecule has 40 heavy (non-hydrogen) atoms. The molecule has 5 aromatic rings. The van der Waals surface area contributed by atoms with E-state index in [1.54, 1.807) is 42.6 Å². The number of carbonyl (C=O) groups excluding carboxylic acids is 2. The third-order valence-corrected chi connectivity index (χ3v) is 5.48. The van der Waals surface area contributed by atoms with Gasteiger partial charge in [-0.1, -0.05) is 6.07 Å². The number of nitrogens with one attached hydrogen (secondary N) is 3. The van der Waals surface area contributed by atoms with Crippen molar-refractivity contribution in [3.8, 4) is 22.7 Å². The van der Waals surface area contributed by atoms with Crippen LogP contribution in [0.15, 0.2) is 90.5 Å². The van der Waals surface area contributed by atoms with E-state index in [0.29, 0.717) is 39.9 Å². The van der Waals surface area contributed by atoms with E-state index in [2.05, 4.69) is 44.1 Å². The van der Waals surface area contributed by atoms with Crippen molar-refractivity contribution in [1.29, 1.82) is 0 Å². The van der Waals surface area contributed by atoms with E-state index in [9.17, 15) is 9.59 Å². The molecule has 0 bridgehead atoms. The highest BCUT2D eigenvalue weighted by Crippen LogP contribution is 2.29. The fourth-order valence-electron chi connectivity index (χ4n) is 3.75. The first-order valence-corrected chi connectivity index (χ1v) is 11.9. The highest BCUT2D eigenvalue weighted by atomic mass is 16.3. The SMILES string of the molecule is C=C.CC(=O)Nc1ccc(NC(=O)Nc2ccc(-c3nc(N)c4ccc(-c5ccc(C)o5)cc4n3)cn2)cc1.O.[HH].[HH].[HH]. The molecule has 0 aliphatic heterocycles. The van der Waals surface area contributed by atoms with Crippen LogP contribution >= 0.6 is 0 Å². The molecule has 0 saturated carbocycles. The van der Waals surface area contributed by atoms with E-state index in [-0.39, 0.29) is 15.7 Å². The Morgan fingerprint density at radius 2 is 1.55 bits per heavy atom. The Morgan fingerprint density at radius 1 is 0.875 bits per heavy atom. The molecule has 0 radical (unpaired) electrons. The second kappa shape index (κ2) is 12.8. The number of pyridine rings is 1. The summed E-state index contributed by atoms with van der Waals surface area (Å²) >= 11 is 0. The van der Waals surface area contributed by atoms with Crippen LogP contribution in [0.2, 0.25) is 0 Å². The van der Waals surface area contributed by atoms with E-state index >= 15 is 0 Å². The maximum Gasteiger partial charge on any atom is 0.324 e. The first kappa shape index (κ1) is 29.0. The van der Waals surface area contributed by atoms with E-state index in [1.807, 2.05) is 37.3 Å². The third-order valence-electron chi connectivity index (χ3n) is 5.48. The topological polar surface area (TPSA) is 180 Å². The van der Waals surface area contributed by atoms with Crippen molar-refractivity contribution in [2.24, 2.45) is 0 Å². The number of aromatic nitrogens is 3. The van der Waals surface area contributed by atoms with Gasteiger partial charge in [-0.05, 0) is 67.6 Å². The molecular weight excluding hydrogens is 510 g/mol. The fraction of sp³-hybridized carbons (Fsp3) is 0.0690. The minimum atomic E-state index is -0.459. The standard InChI is InChI=1S/C27H23N7O3.C2H4.H2O.3H2/c1-15-3-11-23(37-15)17-4-10-21-22(13-17)32-26(34-25(21)28)18-5-12-24(29-14-18)33-27(36)31-20-8-6-19(7-9-20)30-16(2)35;1-2;;;;/h3-14H,1-2H3,(H,30,35)(H2,28,32,34)(H2,29,31,33,36);1-2H2;1H2;3*1H. The summed E-state index contributed by atoms with van der Waals surface area (Å²) in [7, 11) is 0. The number of nitrogen functional groups attached to an aromatic ring is 1. The highest BCUT2D eigenvalue weighted by molar-refractivity contribution is 5.99. The van der Waals surface area contributed by atoms with Crippen molar-refractivity contribution in [3.63, 3.8) is 0 Å². The monoisotopic (exact) mass is 545 g/mol. The molecule has 3 amide bonds. The number of carbonyl (C=O) groups is 2. The van der Waals surface area contributed by atoms with Crippen molar-refractivity contribution in [2.45, 2.75) is 13.8 Å². The summed E-state index contributed by atoms with van der Waals surface area (Å²) in [5.74, 6) is 2.52. The van der Waals surface area contributed by atoms with Crippen LogP contribution in [0.3, 0.4) is 0 Å². The molecule has 0 fully saturated rings. The molecule has 210 valence electrons. The van der Waals surface area contributed by atoms with Gasteiger partial charge in [-0.25, -0.2) is 19.7 Å². The van der Waals surface area contributed by atoms with Crippen molar-refractivity contribution in [1.82, 2.24) is 15.0 Å². The maximum atomic E-state index is 12.4. The Labute approximate surface area is 234 Å². The molecular formula is C29H35N7O4. The molecule has 11 heteroatoms. The van der Waals surface area contributed by atoms with Crippen LogP contribution < -0.4 is 21.7 Å². The lowest BCUT2D eigenvalue weighted by Gasteiger charge is -2.09. The van der Waals surface area contributed by atoms with E-state index in [1.165, 1.54) is 6.92 Å². The molecule has 0 atom stereocenters. The third kappa shape index (κ3) is 6.85. The molecule has 7 N–H and O–H groups in total. The first-order valence-electron chi connectivity index (χ1n) is 11.9. The summed E-state index contributed by atoms with van der Waals surface area (Å²) in [5, 5.41) is 8.80. The number of benzene rings is 2. The lowest BCUT2D eigenvalue weighted by atomic mass is 10.1. The Balaban J connectivity index is 0.00000288. The summed E-state index contributed by atoms with van der Waals surface area (Å²) in [6, 6.07) is 19.2. The number of fused-ring (bicyclic) bond motifs is 1. The van der Waals surface area contributed by atoms with Gasteiger partial charge in [0.2, 0.25) is 5.91 Å². The van der Waals surface area contributed by atoms with Gasteiger partial charge in [0.25, 0.3) is 0 Å². The molecule has 0 saturated heterocycles. The summed E-state index contributed by atoms with van der Waals surface area (Å²) in [4.78, 5) is 36.9. The van der Waals surface area contributed by atoms with E-state index < -0.39 is 6.03 Å². The molecule has 0 aliphatic carbocycles. The summed E-state index contributed by atoms with van der Waals surface area (Å²) in [5.41, 5.74) is 9.62. The lowest BCUT2D eigenvalue weighted by Crippen LogP contribution is -2.20. The van der Waals surface area contributed by atoms with Crippen LogP contribution in [-0.4, -0.2) is 32.4 Å². The van der Waals surface area contributed by atoms with Gasteiger partial charge in [0.1, 0.15) is 23.2 Å². The van der Waals surface area contributed by atoms with E-state index in [0.717, 1.165) is 22.5 Å². The van der Waals surface area contributed by atoms with Gasteiger partial charge >= 0.3 is 6.03 Å². The van der Waals surface area contributed by atoms with Crippen LogP contribution in [0, 0.1) is 6.92 Å². The van der Waals surface area contributed by atoms with Crippen LogP contribution in [0.4, 0.5) is 27.8 Å². The second-order valence-electron chi connectivity index (χ2n) is 8.34. The van der Waals surface area contributed by atoms with Crippen molar-refractivity contribution in [2.75, 3.05) is 21.7 Å². The fourth-order valence-corrected chi connectivity index (χ4v) is 3.75. The van der Waals surface area contributed by atoms with Crippen LogP contribution in [-0.2, 0) is 4.79 Å². The first-order chi connectivity index (χ1) is 18.8. The van der Waals surface area contributed by atoms with E-state index in [4.69, 9.17) is 10.2 Å². The van der Waals surface area contributed by atoms with Crippen LogP contribution in [0.1, 0.15) is 17.0 Å². The number of hydrogen-bond acceptors (Lipinski definition) is 7. The van der Waals surface area contributed by atoms with Gasteiger partial charge in [0.15, 0.2) is 5.82 Å². The minimum absolute atomic E-state index is 0. The smallest absolute Gasteiger partial charge is 0.324 e. The summed E-state index contributed by atoms with van der Waals surface area (Å²) in [6.07, 6.45) is 1.57. The molecule has 0 aliphatic rings. The second-order valence-corrected chi connectivity index (χ2v) is 8.34. The van der Waals surface area contributed by atoms with Crippen molar-refractivity contribution >= 4 is 45.9 Å². The molecule has 3 aromatic heterocycles. The van der Waals surface area contributed by atoms with Crippen LogP contribution in [0.25, 0.3) is 33.6 Å². The number of aryl methyl sites for hydroxylation is 1. The van der Waals surface area contributed by atoms with Crippen LogP contribution in [0.5, 0.6) is 0 Å². The Bertz CT molecular complexity index is 1650. The predicted octanol–water partition coefficient (Wildman–Crippen LogP) is 6.16. The number of anilines is 4. The van der Waals surface area contributed by atoms with Crippen molar-refractivity contribution < 1.29 is 23.8 Å². The number of hydrogen-bond donors (Lipinski definition) is 4. The Hall–Kier alpha value is -5.55. The van der Waals surface area contributed by atoms with Gasteiger partial charge < -0.3 is 26.3 Å². The van der Waals surface area contributed by atoms with Gasteiger partial charge in [-0.15, -0.1) is 13.2 Å². The minimum Gasteiger partial charge on any atom is -0.461 e. The average Bonchev–Trinajstić information content (AvgIpc) is 3.37. The predicted molar refractivity (Wildman–Crippen MR) is 164 cm³/mol. The van der Waals surface area contributed by atoms with Crippen molar-refractivity contribution in [3.05, 3.63) is 91.8 Å². The zero-order valence-electron chi connectivity index (χ0n) is 22.0. The average molecular weight is 546 g/mol. The molecule has 0 unspecified atom stereocenters. The number of furan rings is 1. The van der Waals surface area contributed by atoms with Gasteiger partial charge in [0.05, 0.1) is 5.52 Å². The summed E-state index contributed by atoms with van der Waals surface area (Å²) < 4.78 is 5.73. The quantitative estimate of drug-likeness (QED) is 0.191. The molecule has 2 aromatic carbocycles. The molecule has 5 rings (SSSR count). The molecule has 11 nitrogen and oxygen atoms in total. The van der Waals surface area contributed by atoms with Gasteiger partial charge in [-0.3, -0.25) is 10.1 Å². The van der Waals surface area contributed by atoms with Gasteiger partial charge in [-0.2, -0.15) is 0 Å². The number of urea groups is 1. The Kier molecular flexibility index (Phi) is 9.29. The number of nitrogens with zero attached hydrogens (tertiary/aromatic N) is 3. The normalized spacial score (nSPS) is 10.1. The van der Waals surface area contributed by atoms with Gasteiger partial charge in [0, 0.05) is 45.3 Å².